The zero-order chi connectivity index (χ0) is 19.6. The van der Waals surface area contributed by atoms with Crippen LogP contribution in [-0.2, 0) is 13.0 Å². The van der Waals surface area contributed by atoms with Gasteiger partial charge in [0.05, 0.1) is 12.7 Å². The Labute approximate surface area is 164 Å². The highest BCUT2D eigenvalue weighted by molar-refractivity contribution is 6.30. The fraction of sp³-hybridized carbons (Fsp3) is 0.227. The summed E-state index contributed by atoms with van der Waals surface area (Å²) in [6.45, 7) is 4.63. The standard InChI is InChI=1S/C22H23ClN2O2/c1-4-18-21(17-10-5-6-11-19(17)27-3)20(22(24)26)14(2)25(18)13-15-8-7-9-16(23)12-15/h5-12H,4,13H2,1-3H3,(H2,24,26). The molecule has 3 rings (SSSR count). The van der Waals surface area contributed by atoms with E-state index in [2.05, 4.69) is 11.5 Å². The van der Waals surface area contributed by atoms with Gasteiger partial charge in [0.2, 0.25) is 0 Å². The van der Waals surface area contributed by atoms with Gasteiger partial charge in [0, 0.05) is 34.1 Å². The van der Waals surface area contributed by atoms with E-state index in [1.165, 1.54) is 0 Å². The molecule has 27 heavy (non-hydrogen) atoms. The zero-order valence-corrected chi connectivity index (χ0v) is 16.5. The molecule has 0 bridgehead atoms. The summed E-state index contributed by atoms with van der Waals surface area (Å²) in [4.78, 5) is 12.4. The molecule has 1 amide bonds. The van der Waals surface area contributed by atoms with Crippen LogP contribution in [0.15, 0.2) is 48.5 Å². The average molecular weight is 383 g/mol. The number of hydrogen-bond donors (Lipinski definition) is 1. The molecule has 1 heterocycles. The molecule has 2 aromatic carbocycles. The van der Waals surface area contributed by atoms with E-state index in [9.17, 15) is 4.79 Å². The molecule has 5 heteroatoms. The predicted molar refractivity (Wildman–Crippen MR) is 110 cm³/mol. The lowest BCUT2D eigenvalue weighted by atomic mass is 9.98. The van der Waals surface area contributed by atoms with E-state index in [4.69, 9.17) is 22.1 Å². The number of methoxy groups -OCH3 is 1. The number of aromatic nitrogens is 1. The SMILES string of the molecule is CCc1c(-c2ccccc2OC)c(C(N)=O)c(C)n1Cc1cccc(Cl)c1. The van der Waals surface area contributed by atoms with Gasteiger partial charge < -0.3 is 15.0 Å². The van der Waals surface area contributed by atoms with E-state index in [0.717, 1.165) is 40.2 Å². The van der Waals surface area contributed by atoms with Crippen LogP contribution in [0.25, 0.3) is 11.1 Å². The molecule has 0 saturated carbocycles. The molecule has 3 aromatic rings. The van der Waals surface area contributed by atoms with Crippen molar-refractivity contribution in [2.45, 2.75) is 26.8 Å². The molecule has 0 saturated heterocycles. The highest BCUT2D eigenvalue weighted by atomic mass is 35.5. The van der Waals surface area contributed by atoms with Crippen molar-refractivity contribution in [3.63, 3.8) is 0 Å². The van der Waals surface area contributed by atoms with Crippen molar-refractivity contribution in [2.24, 2.45) is 5.73 Å². The van der Waals surface area contributed by atoms with Crippen LogP contribution in [0.1, 0.15) is 34.2 Å². The normalized spacial score (nSPS) is 10.8. The van der Waals surface area contributed by atoms with Crippen LogP contribution < -0.4 is 10.5 Å². The maximum atomic E-state index is 12.4. The molecule has 0 spiro atoms. The second-order valence-corrected chi connectivity index (χ2v) is 6.85. The second kappa shape index (κ2) is 7.89. The molecule has 140 valence electrons. The molecule has 4 nitrogen and oxygen atoms in total. The first kappa shape index (κ1) is 19.1. The van der Waals surface area contributed by atoms with Crippen LogP contribution in [0.3, 0.4) is 0 Å². The molecule has 1 aromatic heterocycles. The summed E-state index contributed by atoms with van der Waals surface area (Å²) in [5, 5.41) is 0.690. The summed E-state index contributed by atoms with van der Waals surface area (Å²) < 4.78 is 7.68. The molecule has 0 aliphatic rings. The molecule has 0 atom stereocenters. The Morgan fingerprint density at radius 3 is 2.56 bits per heavy atom. The Morgan fingerprint density at radius 1 is 1.19 bits per heavy atom. The number of carbonyl (C=O) groups excluding carboxylic acids is 1. The number of amides is 1. The molecule has 0 radical (unpaired) electrons. The van der Waals surface area contributed by atoms with Gasteiger partial charge >= 0.3 is 0 Å². The fourth-order valence-electron chi connectivity index (χ4n) is 3.64. The molecular weight excluding hydrogens is 360 g/mol. The quantitative estimate of drug-likeness (QED) is 0.663. The van der Waals surface area contributed by atoms with E-state index in [1.54, 1.807) is 7.11 Å². The van der Waals surface area contributed by atoms with Crippen molar-refractivity contribution in [1.29, 1.82) is 0 Å². The van der Waals surface area contributed by atoms with Gasteiger partial charge in [-0.3, -0.25) is 4.79 Å². The zero-order valence-electron chi connectivity index (χ0n) is 15.8. The second-order valence-electron chi connectivity index (χ2n) is 6.42. The molecule has 0 fully saturated rings. The Morgan fingerprint density at radius 2 is 1.93 bits per heavy atom. The molecule has 0 aliphatic heterocycles. The Kier molecular flexibility index (Phi) is 5.57. The van der Waals surface area contributed by atoms with Crippen molar-refractivity contribution < 1.29 is 9.53 Å². The van der Waals surface area contributed by atoms with Gasteiger partial charge in [-0.25, -0.2) is 0 Å². The third-order valence-corrected chi connectivity index (χ3v) is 5.05. The number of carbonyl (C=O) groups is 1. The number of ether oxygens (including phenoxy) is 1. The van der Waals surface area contributed by atoms with Crippen LogP contribution >= 0.6 is 11.6 Å². The fourth-order valence-corrected chi connectivity index (χ4v) is 3.85. The van der Waals surface area contributed by atoms with E-state index >= 15 is 0 Å². The van der Waals surface area contributed by atoms with Gasteiger partial charge in [-0.05, 0) is 37.1 Å². The first-order chi connectivity index (χ1) is 13.0. The summed E-state index contributed by atoms with van der Waals surface area (Å²) >= 11 is 6.15. The molecule has 0 aliphatic carbocycles. The minimum atomic E-state index is -0.437. The minimum absolute atomic E-state index is 0.437. The lowest BCUT2D eigenvalue weighted by Crippen LogP contribution is -2.13. The van der Waals surface area contributed by atoms with Crippen LogP contribution in [0.2, 0.25) is 5.02 Å². The van der Waals surface area contributed by atoms with E-state index in [-0.39, 0.29) is 0 Å². The van der Waals surface area contributed by atoms with Gasteiger partial charge in [-0.2, -0.15) is 0 Å². The van der Waals surface area contributed by atoms with Gasteiger partial charge in [0.15, 0.2) is 0 Å². The summed E-state index contributed by atoms with van der Waals surface area (Å²) in [5.74, 6) is 0.280. The van der Waals surface area contributed by atoms with Crippen molar-refractivity contribution in [2.75, 3.05) is 7.11 Å². The molecule has 2 N–H and O–H groups in total. The van der Waals surface area contributed by atoms with Crippen LogP contribution in [-0.4, -0.2) is 17.6 Å². The summed E-state index contributed by atoms with van der Waals surface area (Å²) in [6.07, 6.45) is 0.752. The van der Waals surface area contributed by atoms with E-state index in [0.29, 0.717) is 17.1 Å². The maximum absolute atomic E-state index is 12.4. The number of nitrogens with two attached hydrogens (primary N) is 1. The highest BCUT2D eigenvalue weighted by Gasteiger charge is 2.25. The van der Waals surface area contributed by atoms with E-state index in [1.807, 2.05) is 55.5 Å². The maximum Gasteiger partial charge on any atom is 0.251 e. The number of hydrogen-bond acceptors (Lipinski definition) is 2. The van der Waals surface area contributed by atoms with Gasteiger partial charge in [-0.1, -0.05) is 48.9 Å². The first-order valence-electron chi connectivity index (χ1n) is 8.87. The Hall–Kier alpha value is -2.72. The van der Waals surface area contributed by atoms with Crippen molar-refractivity contribution >= 4 is 17.5 Å². The predicted octanol–water partition coefficient (Wildman–Crippen LogP) is 4.84. The molecule has 0 unspecified atom stereocenters. The van der Waals surface area contributed by atoms with Crippen LogP contribution in [0.4, 0.5) is 0 Å². The van der Waals surface area contributed by atoms with Crippen LogP contribution in [0.5, 0.6) is 5.75 Å². The van der Waals surface area contributed by atoms with Gasteiger partial charge in [0.1, 0.15) is 5.75 Å². The third-order valence-electron chi connectivity index (χ3n) is 4.82. The number of halogens is 1. The molecular formula is C22H23ClN2O2. The number of benzene rings is 2. The van der Waals surface area contributed by atoms with Crippen molar-refractivity contribution in [3.05, 3.63) is 76.1 Å². The Bertz CT molecular complexity index is 992. The largest absolute Gasteiger partial charge is 0.496 e. The smallest absolute Gasteiger partial charge is 0.251 e. The van der Waals surface area contributed by atoms with Crippen molar-refractivity contribution in [1.82, 2.24) is 4.57 Å². The number of nitrogens with zero attached hydrogens (tertiary/aromatic N) is 1. The monoisotopic (exact) mass is 382 g/mol. The Balaban J connectivity index is 2.26. The number of para-hydroxylation sites is 1. The van der Waals surface area contributed by atoms with Crippen molar-refractivity contribution in [3.8, 4) is 16.9 Å². The summed E-state index contributed by atoms with van der Waals surface area (Å²) in [7, 11) is 1.63. The highest BCUT2D eigenvalue weighted by Crippen LogP contribution is 2.38. The van der Waals surface area contributed by atoms with E-state index < -0.39 is 5.91 Å². The van der Waals surface area contributed by atoms with Crippen LogP contribution in [0, 0.1) is 6.92 Å². The third kappa shape index (κ3) is 3.58. The minimum Gasteiger partial charge on any atom is -0.496 e. The van der Waals surface area contributed by atoms with Gasteiger partial charge in [0.25, 0.3) is 5.91 Å². The summed E-state index contributed by atoms with van der Waals surface area (Å²) in [5.41, 5.74) is 11.0. The first-order valence-corrected chi connectivity index (χ1v) is 9.25. The topological polar surface area (TPSA) is 57.2 Å². The lowest BCUT2D eigenvalue weighted by Gasteiger charge is -2.13. The average Bonchev–Trinajstić information content (AvgIpc) is 2.93. The van der Waals surface area contributed by atoms with Gasteiger partial charge in [-0.15, -0.1) is 0 Å². The number of primary amides is 1. The lowest BCUT2D eigenvalue weighted by molar-refractivity contribution is 0.1000. The number of rotatable bonds is 6. The summed E-state index contributed by atoms with van der Waals surface area (Å²) in [6, 6.07) is 15.4.